The predicted octanol–water partition coefficient (Wildman–Crippen LogP) is 3.40. The largest absolute Gasteiger partial charge is 0.497 e. The molecule has 0 N–H and O–H groups in total. The second kappa shape index (κ2) is 10.8. The number of sulfone groups is 1. The number of aromatic nitrogens is 1. The average molecular weight is 479 g/mol. The molecule has 9 nitrogen and oxygen atoms in total. The van der Waals surface area contributed by atoms with Crippen molar-refractivity contribution in [3.8, 4) is 17.2 Å². The number of methoxy groups -OCH3 is 1. The van der Waals surface area contributed by atoms with Gasteiger partial charge >= 0.3 is 6.09 Å². The van der Waals surface area contributed by atoms with Crippen LogP contribution in [0.15, 0.2) is 28.7 Å². The van der Waals surface area contributed by atoms with E-state index in [1.54, 1.807) is 50.1 Å². The minimum Gasteiger partial charge on any atom is -0.497 e. The minimum absolute atomic E-state index is 0.0619. The van der Waals surface area contributed by atoms with Crippen molar-refractivity contribution in [3.63, 3.8) is 0 Å². The quantitative estimate of drug-likeness (QED) is 0.538. The summed E-state index contributed by atoms with van der Waals surface area (Å²) >= 11 is 0. The van der Waals surface area contributed by atoms with Crippen LogP contribution in [0.4, 0.5) is 4.79 Å². The summed E-state index contributed by atoms with van der Waals surface area (Å²) in [7, 11) is -2.15. The number of ether oxygens (including phenoxy) is 2. The van der Waals surface area contributed by atoms with Gasteiger partial charge in [0.1, 0.15) is 23.0 Å². The molecule has 0 bridgehead atoms. The number of carbonyl (C=O) groups is 2. The highest BCUT2D eigenvalue weighted by Crippen LogP contribution is 2.26. The first kappa shape index (κ1) is 24.8. The molecule has 1 aromatic heterocycles. The van der Waals surface area contributed by atoms with Crippen LogP contribution in [0.25, 0.3) is 11.5 Å². The first-order valence-corrected chi connectivity index (χ1v) is 12.8. The Morgan fingerprint density at radius 3 is 2.64 bits per heavy atom. The van der Waals surface area contributed by atoms with Gasteiger partial charge in [-0.25, -0.2) is 18.2 Å². The lowest BCUT2D eigenvalue weighted by molar-refractivity contribution is -0.117. The third kappa shape index (κ3) is 6.80. The van der Waals surface area contributed by atoms with Crippen molar-refractivity contribution in [2.75, 3.05) is 32.6 Å². The molecule has 0 atom stereocenters. The number of likely N-dealkylation sites (tertiary alicyclic amines) is 1. The van der Waals surface area contributed by atoms with E-state index in [4.69, 9.17) is 13.9 Å². The number of hydrogen-bond acceptors (Lipinski definition) is 8. The van der Waals surface area contributed by atoms with Gasteiger partial charge in [-0.2, -0.15) is 0 Å². The number of aryl methyl sites for hydroxylation is 1. The van der Waals surface area contributed by atoms with Crippen LogP contribution in [0.3, 0.4) is 0 Å². The Bertz CT molecular complexity index is 1090. The molecular weight excluding hydrogens is 448 g/mol. The Morgan fingerprint density at radius 1 is 1.24 bits per heavy atom. The molecule has 1 saturated heterocycles. The first-order valence-electron chi connectivity index (χ1n) is 10.9. The smallest absolute Gasteiger partial charge is 0.409 e. The van der Waals surface area contributed by atoms with Gasteiger partial charge in [0.05, 0.1) is 25.2 Å². The van der Waals surface area contributed by atoms with Crippen molar-refractivity contribution in [1.82, 2.24) is 9.88 Å². The van der Waals surface area contributed by atoms with E-state index in [9.17, 15) is 18.0 Å². The van der Waals surface area contributed by atoms with Gasteiger partial charge in [0.15, 0.2) is 9.84 Å². The first-order chi connectivity index (χ1) is 15.7. The van der Waals surface area contributed by atoms with Crippen LogP contribution >= 0.6 is 0 Å². The van der Waals surface area contributed by atoms with Crippen molar-refractivity contribution < 1.29 is 31.9 Å². The number of amides is 1. The molecule has 3 rings (SSSR count). The molecule has 2 heterocycles. The lowest BCUT2D eigenvalue weighted by Gasteiger charge is -2.30. The number of rotatable bonds is 9. The number of nitrogens with zero attached hydrogens (tertiary/aromatic N) is 2. The topological polar surface area (TPSA) is 116 Å². The number of piperidine rings is 1. The van der Waals surface area contributed by atoms with Gasteiger partial charge in [0, 0.05) is 25.1 Å². The van der Waals surface area contributed by atoms with E-state index in [-0.39, 0.29) is 30.0 Å². The van der Waals surface area contributed by atoms with Gasteiger partial charge < -0.3 is 18.8 Å². The summed E-state index contributed by atoms with van der Waals surface area (Å²) in [5, 5.41) is 0. The van der Waals surface area contributed by atoms with Crippen molar-refractivity contribution in [1.29, 1.82) is 0 Å². The second-order valence-corrected chi connectivity index (χ2v) is 10.2. The molecule has 1 fully saturated rings. The van der Waals surface area contributed by atoms with Crippen molar-refractivity contribution in [2.24, 2.45) is 5.92 Å². The van der Waals surface area contributed by atoms with Crippen LogP contribution in [0.5, 0.6) is 5.75 Å². The van der Waals surface area contributed by atoms with Gasteiger partial charge in [-0.15, -0.1) is 0 Å². The summed E-state index contributed by atoms with van der Waals surface area (Å²) < 4.78 is 41.2. The minimum atomic E-state index is -3.70. The zero-order valence-corrected chi connectivity index (χ0v) is 20.0. The Labute approximate surface area is 194 Å². The number of hydrogen-bond donors (Lipinski definition) is 0. The molecule has 1 aliphatic rings. The Kier molecular flexibility index (Phi) is 8.12. The maximum atomic E-state index is 12.7. The molecule has 33 heavy (non-hydrogen) atoms. The number of oxazole rings is 1. The molecule has 0 saturated carbocycles. The summed E-state index contributed by atoms with van der Waals surface area (Å²) in [5.41, 5.74) is 0.967. The fourth-order valence-electron chi connectivity index (χ4n) is 3.86. The SMILES string of the molecule is CCOC(=O)N1CCC(CC(=O)CS(=O)(=O)Cc2nc(-c3cccc(OC)c3)oc2C)CC1. The molecular formula is C23H30N2O7S. The Morgan fingerprint density at radius 2 is 1.97 bits per heavy atom. The third-order valence-corrected chi connectivity index (χ3v) is 7.08. The fraction of sp³-hybridized carbons (Fsp3) is 0.522. The molecule has 10 heteroatoms. The lowest BCUT2D eigenvalue weighted by Crippen LogP contribution is -2.39. The molecule has 1 aliphatic heterocycles. The zero-order chi connectivity index (χ0) is 24.0. The van der Waals surface area contributed by atoms with Gasteiger partial charge in [-0.1, -0.05) is 6.07 Å². The fourth-order valence-corrected chi connectivity index (χ4v) is 5.26. The maximum Gasteiger partial charge on any atom is 0.409 e. The van der Waals surface area contributed by atoms with Crippen molar-refractivity contribution in [2.45, 2.75) is 38.9 Å². The molecule has 0 spiro atoms. The Hall–Kier alpha value is -2.88. The normalized spacial score (nSPS) is 14.8. The summed E-state index contributed by atoms with van der Waals surface area (Å²) in [6, 6.07) is 7.13. The van der Waals surface area contributed by atoms with E-state index in [0.717, 1.165) is 0 Å². The summed E-state index contributed by atoms with van der Waals surface area (Å²) in [4.78, 5) is 30.2. The number of Topliss-reactive ketones (excluding diaryl/α,β-unsaturated/α-hetero) is 1. The number of benzene rings is 1. The van der Waals surface area contributed by atoms with Crippen LogP contribution in [0.2, 0.25) is 0 Å². The van der Waals surface area contributed by atoms with E-state index in [1.807, 2.05) is 0 Å². The van der Waals surface area contributed by atoms with E-state index < -0.39 is 15.6 Å². The van der Waals surface area contributed by atoms with Crippen molar-refractivity contribution >= 4 is 21.7 Å². The monoisotopic (exact) mass is 478 g/mol. The van der Waals surface area contributed by atoms with E-state index >= 15 is 0 Å². The second-order valence-electron chi connectivity index (χ2n) is 8.16. The average Bonchev–Trinajstić information content (AvgIpc) is 3.13. The predicted molar refractivity (Wildman–Crippen MR) is 122 cm³/mol. The third-order valence-electron chi connectivity index (χ3n) is 5.60. The lowest BCUT2D eigenvalue weighted by atomic mass is 9.92. The standard InChI is InChI=1S/C23H30N2O7S/c1-4-31-23(27)25-10-8-17(9-11-25)12-19(26)14-33(28,29)15-21-16(2)32-22(24-21)18-6-5-7-20(13-18)30-3/h5-7,13,17H,4,8-12,14-15H2,1-3H3. The highest BCUT2D eigenvalue weighted by molar-refractivity contribution is 7.91. The molecule has 1 amide bonds. The molecule has 1 aromatic carbocycles. The van der Waals surface area contributed by atoms with Crippen LogP contribution in [0, 0.1) is 12.8 Å². The molecule has 0 radical (unpaired) electrons. The van der Waals surface area contributed by atoms with Crippen LogP contribution in [0.1, 0.15) is 37.6 Å². The highest BCUT2D eigenvalue weighted by Gasteiger charge is 2.27. The maximum absolute atomic E-state index is 12.7. The van der Waals surface area contributed by atoms with Crippen LogP contribution in [-0.2, 0) is 25.1 Å². The van der Waals surface area contributed by atoms with E-state index in [1.165, 1.54) is 0 Å². The van der Waals surface area contributed by atoms with Crippen LogP contribution in [-0.4, -0.2) is 62.7 Å². The van der Waals surface area contributed by atoms with Gasteiger partial charge in [0.25, 0.3) is 0 Å². The zero-order valence-electron chi connectivity index (χ0n) is 19.2. The van der Waals surface area contributed by atoms with E-state index in [0.29, 0.717) is 61.2 Å². The van der Waals surface area contributed by atoms with Crippen molar-refractivity contribution in [3.05, 3.63) is 35.7 Å². The number of carbonyl (C=O) groups excluding carboxylic acids is 2. The van der Waals surface area contributed by atoms with Gasteiger partial charge in [-0.05, 0) is 50.8 Å². The molecule has 180 valence electrons. The molecule has 0 aliphatic carbocycles. The van der Waals surface area contributed by atoms with Gasteiger partial charge in [-0.3, -0.25) is 4.79 Å². The van der Waals surface area contributed by atoms with Gasteiger partial charge in [0.2, 0.25) is 5.89 Å². The highest BCUT2D eigenvalue weighted by atomic mass is 32.2. The van der Waals surface area contributed by atoms with Crippen LogP contribution < -0.4 is 4.74 Å². The summed E-state index contributed by atoms with van der Waals surface area (Å²) in [5.74, 6) is 0.179. The molecule has 0 unspecified atom stereocenters. The van der Waals surface area contributed by atoms with E-state index in [2.05, 4.69) is 4.98 Å². The molecule has 2 aromatic rings. The Balaban J connectivity index is 1.55. The number of ketones is 1. The summed E-state index contributed by atoms with van der Waals surface area (Å²) in [6.07, 6.45) is 1.14. The summed E-state index contributed by atoms with van der Waals surface area (Å²) in [6.45, 7) is 4.75.